The molecule has 3 nitrogen and oxygen atoms in total. The molecule has 108 valence electrons. The number of fused-ring (bicyclic) bond motifs is 2. The fourth-order valence-corrected chi connectivity index (χ4v) is 2.99. The van der Waals surface area contributed by atoms with Crippen molar-refractivity contribution >= 4 is 28.0 Å². The van der Waals surface area contributed by atoms with E-state index in [1.807, 2.05) is 34.9 Å². The van der Waals surface area contributed by atoms with Crippen molar-refractivity contribution in [3.63, 3.8) is 0 Å². The topological polar surface area (TPSA) is 43.3 Å². The van der Waals surface area contributed by atoms with E-state index in [0.717, 1.165) is 22.6 Å². The van der Waals surface area contributed by atoms with Crippen molar-refractivity contribution in [3.8, 4) is 11.3 Å². The standard InChI is InChI=1S/C18H14ClN3/c19-15-7-8-17-21-18(16(10-20)22(17)11-15)14-6-5-12-3-1-2-4-13(12)9-14/h1-9,11H,10,20H2. The van der Waals surface area contributed by atoms with E-state index in [9.17, 15) is 0 Å². The minimum Gasteiger partial charge on any atom is -0.325 e. The molecule has 0 bridgehead atoms. The molecule has 0 amide bonds. The van der Waals surface area contributed by atoms with Gasteiger partial charge in [0.15, 0.2) is 0 Å². The number of pyridine rings is 1. The minimum atomic E-state index is 0.406. The second-order valence-corrected chi connectivity index (χ2v) is 5.69. The Hall–Kier alpha value is -2.36. The van der Waals surface area contributed by atoms with Crippen LogP contribution in [0.3, 0.4) is 0 Å². The van der Waals surface area contributed by atoms with Crippen molar-refractivity contribution in [3.05, 3.63) is 71.5 Å². The number of rotatable bonds is 2. The summed E-state index contributed by atoms with van der Waals surface area (Å²) in [6, 6.07) is 18.4. The lowest BCUT2D eigenvalue weighted by Crippen LogP contribution is -2.02. The highest BCUT2D eigenvalue weighted by atomic mass is 35.5. The largest absolute Gasteiger partial charge is 0.325 e. The highest BCUT2D eigenvalue weighted by Crippen LogP contribution is 2.28. The van der Waals surface area contributed by atoms with E-state index >= 15 is 0 Å². The number of hydrogen-bond acceptors (Lipinski definition) is 2. The van der Waals surface area contributed by atoms with Crippen LogP contribution in [0.25, 0.3) is 27.7 Å². The fourth-order valence-electron chi connectivity index (χ4n) is 2.83. The summed E-state index contributed by atoms with van der Waals surface area (Å²) in [5.41, 5.74) is 9.76. The van der Waals surface area contributed by atoms with E-state index in [0.29, 0.717) is 11.6 Å². The van der Waals surface area contributed by atoms with Crippen LogP contribution in [0.5, 0.6) is 0 Å². The predicted octanol–water partition coefficient (Wildman–Crippen LogP) is 4.27. The maximum atomic E-state index is 6.09. The van der Waals surface area contributed by atoms with E-state index in [-0.39, 0.29) is 0 Å². The third-order valence-corrected chi connectivity index (χ3v) is 4.12. The maximum absolute atomic E-state index is 6.09. The molecular formula is C18H14ClN3. The Kier molecular flexibility index (Phi) is 3.10. The van der Waals surface area contributed by atoms with Gasteiger partial charge >= 0.3 is 0 Å². The number of nitrogens with two attached hydrogens (primary N) is 1. The second kappa shape index (κ2) is 5.13. The Morgan fingerprint density at radius 3 is 2.64 bits per heavy atom. The van der Waals surface area contributed by atoms with Gasteiger partial charge in [-0.05, 0) is 29.0 Å². The molecule has 2 aromatic heterocycles. The predicted molar refractivity (Wildman–Crippen MR) is 91.0 cm³/mol. The highest BCUT2D eigenvalue weighted by molar-refractivity contribution is 6.30. The van der Waals surface area contributed by atoms with E-state index in [2.05, 4.69) is 30.3 Å². The molecule has 2 aromatic carbocycles. The van der Waals surface area contributed by atoms with Crippen molar-refractivity contribution in [2.75, 3.05) is 0 Å². The van der Waals surface area contributed by atoms with Gasteiger partial charge in [0.25, 0.3) is 0 Å². The lowest BCUT2D eigenvalue weighted by molar-refractivity contribution is 0.962. The van der Waals surface area contributed by atoms with Crippen molar-refractivity contribution in [1.82, 2.24) is 9.38 Å². The van der Waals surface area contributed by atoms with Crippen molar-refractivity contribution in [1.29, 1.82) is 0 Å². The zero-order valence-corrected chi connectivity index (χ0v) is 12.6. The van der Waals surface area contributed by atoms with Gasteiger partial charge in [0.2, 0.25) is 0 Å². The van der Waals surface area contributed by atoms with Gasteiger partial charge in [-0.25, -0.2) is 4.98 Å². The lowest BCUT2D eigenvalue weighted by atomic mass is 10.0. The van der Waals surface area contributed by atoms with Gasteiger partial charge in [-0.2, -0.15) is 0 Å². The molecular weight excluding hydrogens is 294 g/mol. The monoisotopic (exact) mass is 307 g/mol. The number of halogens is 1. The molecule has 0 fully saturated rings. The van der Waals surface area contributed by atoms with Crippen LogP contribution in [0.4, 0.5) is 0 Å². The van der Waals surface area contributed by atoms with Crippen molar-refractivity contribution in [2.24, 2.45) is 5.73 Å². The molecule has 0 unspecified atom stereocenters. The summed E-state index contributed by atoms with van der Waals surface area (Å²) in [7, 11) is 0. The molecule has 22 heavy (non-hydrogen) atoms. The zero-order chi connectivity index (χ0) is 15.1. The highest BCUT2D eigenvalue weighted by Gasteiger charge is 2.13. The van der Waals surface area contributed by atoms with Crippen LogP contribution < -0.4 is 5.73 Å². The molecule has 2 heterocycles. The number of hydrogen-bond donors (Lipinski definition) is 1. The number of benzene rings is 2. The molecule has 0 spiro atoms. The van der Waals surface area contributed by atoms with Crippen LogP contribution in [0.15, 0.2) is 60.8 Å². The molecule has 4 heteroatoms. The van der Waals surface area contributed by atoms with Gasteiger partial charge in [0.1, 0.15) is 5.65 Å². The Bertz CT molecular complexity index is 988. The van der Waals surface area contributed by atoms with Gasteiger partial charge in [0.05, 0.1) is 16.4 Å². The average molecular weight is 308 g/mol. The summed E-state index contributed by atoms with van der Waals surface area (Å²) in [6.45, 7) is 0.406. The summed E-state index contributed by atoms with van der Waals surface area (Å²) in [6.07, 6.45) is 1.86. The summed E-state index contributed by atoms with van der Waals surface area (Å²) in [5.74, 6) is 0. The van der Waals surface area contributed by atoms with Crippen LogP contribution in [-0.2, 0) is 6.54 Å². The Labute approximate surface area is 133 Å². The van der Waals surface area contributed by atoms with Gasteiger partial charge in [-0.15, -0.1) is 0 Å². The van der Waals surface area contributed by atoms with E-state index in [1.165, 1.54) is 10.8 Å². The summed E-state index contributed by atoms with van der Waals surface area (Å²) < 4.78 is 1.97. The Morgan fingerprint density at radius 1 is 1.00 bits per heavy atom. The van der Waals surface area contributed by atoms with E-state index < -0.39 is 0 Å². The average Bonchev–Trinajstić information content (AvgIpc) is 2.92. The summed E-state index contributed by atoms with van der Waals surface area (Å²) in [4.78, 5) is 4.73. The first kappa shape index (κ1) is 13.3. The van der Waals surface area contributed by atoms with Gasteiger partial charge < -0.3 is 10.1 Å². The summed E-state index contributed by atoms with van der Waals surface area (Å²) >= 11 is 6.09. The zero-order valence-electron chi connectivity index (χ0n) is 11.8. The van der Waals surface area contributed by atoms with Crippen LogP contribution >= 0.6 is 11.6 Å². The number of nitrogens with zero attached hydrogens (tertiary/aromatic N) is 2. The first-order valence-electron chi connectivity index (χ1n) is 7.12. The fraction of sp³-hybridized carbons (Fsp3) is 0.0556. The minimum absolute atomic E-state index is 0.406. The number of aromatic nitrogens is 2. The quantitative estimate of drug-likeness (QED) is 0.601. The van der Waals surface area contributed by atoms with Gasteiger partial charge in [-0.3, -0.25) is 0 Å². The molecule has 0 aliphatic rings. The Balaban J connectivity index is 1.98. The molecule has 0 aliphatic heterocycles. The smallest absolute Gasteiger partial charge is 0.137 e. The lowest BCUT2D eigenvalue weighted by Gasteiger charge is -2.04. The molecule has 0 saturated heterocycles. The Morgan fingerprint density at radius 2 is 1.82 bits per heavy atom. The van der Waals surface area contributed by atoms with E-state index in [4.69, 9.17) is 22.3 Å². The summed E-state index contributed by atoms with van der Waals surface area (Å²) in [5, 5.41) is 3.08. The molecule has 0 atom stereocenters. The normalized spacial score (nSPS) is 11.4. The molecule has 4 rings (SSSR count). The van der Waals surface area contributed by atoms with E-state index in [1.54, 1.807) is 0 Å². The van der Waals surface area contributed by atoms with Crippen LogP contribution in [0.2, 0.25) is 5.02 Å². The second-order valence-electron chi connectivity index (χ2n) is 5.25. The van der Waals surface area contributed by atoms with Crippen LogP contribution in [0.1, 0.15) is 5.69 Å². The third-order valence-electron chi connectivity index (χ3n) is 3.90. The molecule has 0 radical (unpaired) electrons. The maximum Gasteiger partial charge on any atom is 0.137 e. The SMILES string of the molecule is NCc1c(-c2ccc3ccccc3c2)nc2ccc(Cl)cn12. The first-order chi connectivity index (χ1) is 10.8. The van der Waals surface area contributed by atoms with Gasteiger partial charge in [-0.1, -0.05) is 48.0 Å². The van der Waals surface area contributed by atoms with Crippen LogP contribution in [-0.4, -0.2) is 9.38 Å². The van der Waals surface area contributed by atoms with Gasteiger partial charge in [0, 0.05) is 18.3 Å². The van der Waals surface area contributed by atoms with Crippen LogP contribution in [0, 0.1) is 0 Å². The van der Waals surface area contributed by atoms with Crippen molar-refractivity contribution in [2.45, 2.75) is 6.54 Å². The molecule has 0 saturated carbocycles. The first-order valence-corrected chi connectivity index (χ1v) is 7.50. The third kappa shape index (κ3) is 2.06. The molecule has 2 N–H and O–H groups in total. The molecule has 0 aliphatic carbocycles. The molecule has 4 aromatic rings. The van der Waals surface area contributed by atoms with Crippen molar-refractivity contribution < 1.29 is 0 Å². The number of imidazole rings is 1.